The van der Waals surface area contributed by atoms with Crippen molar-refractivity contribution in [1.82, 2.24) is 4.90 Å². The summed E-state index contributed by atoms with van der Waals surface area (Å²) in [5, 5.41) is 9.48. The number of nitrogens with zero attached hydrogens (tertiary/aromatic N) is 2. The summed E-state index contributed by atoms with van der Waals surface area (Å²) in [5.74, 6) is 0.435. The van der Waals surface area contributed by atoms with E-state index in [-0.39, 0.29) is 5.91 Å². The first-order chi connectivity index (χ1) is 10.1. The summed E-state index contributed by atoms with van der Waals surface area (Å²) in [7, 11) is 0. The molecule has 2 aliphatic heterocycles. The maximum Gasteiger partial charge on any atom is 0.412 e. The molecule has 2 atom stereocenters. The maximum atomic E-state index is 12.8. The van der Waals surface area contributed by atoms with E-state index in [0.29, 0.717) is 18.0 Å². The number of benzene rings is 1. The predicted molar refractivity (Wildman–Crippen MR) is 79.4 cm³/mol. The number of hydrogen-bond donors (Lipinski definition) is 1. The average Bonchev–Trinajstić information content (AvgIpc) is 2.85. The predicted octanol–water partition coefficient (Wildman–Crippen LogP) is 2.35. The van der Waals surface area contributed by atoms with E-state index in [2.05, 4.69) is 6.92 Å². The lowest BCUT2D eigenvalue weighted by atomic mass is 9.99. The van der Waals surface area contributed by atoms with E-state index >= 15 is 0 Å². The summed E-state index contributed by atoms with van der Waals surface area (Å²) in [6.45, 7) is 3.61. The van der Waals surface area contributed by atoms with Crippen LogP contribution in [0.25, 0.3) is 0 Å². The Hall–Kier alpha value is -2.04. The summed E-state index contributed by atoms with van der Waals surface area (Å²) in [5.41, 5.74) is 1.58. The van der Waals surface area contributed by atoms with Crippen LogP contribution >= 0.6 is 0 Å². The van der Waals surface area contributed by atoms with Gasteiger partial charge in [-0.2, -0.15) is 0 Å². The van der Waals surface area contributed by atoms with E-state index in [9.17, 15) is 14.7 Å². The molecule has 1 fully saturated rings. The van der Waals surface area contributed by atoms with E-state index < -0.39 is 12.1 Å². The molecule has 112 valence electrons. The zero-order valence-electron chi connectivity index (χ0n) is 12.2. The fraction of sp³-hybridized carbons (Fsp3) is 0.500. The molecular formula is C16H20N2O3. The molecule has 2 amide bonds. The van der Waals surface area contributed by atoms with Gasteiger partial charge in [0.1, 0.15) is 6.04 Å². The summed E-state index contributed by atoms with van der Waals surface area (Å²) < 4.78 is 0. The summed E-state index contributed by atoms with van der Waals surface area (Å²) in [4.78, 5) is 27.4. The van der Waals surface area contributed by atoms with Gasteiger partial charge in [-0.15, -0.1) is 0 Å². The number of hydrogen-bond acceptors (Lipinski definition) is 2. The number of amides is 2. The number of carboxylic acid groups (broad SMARTS) is 1. The van der Waals surface area contributed by atoms with Gasteiger partial charge in [0, 0.05) is 19.5 Å². The summed E-state index contributed by atoms with van der Waals surface area (Å²) in [6.07, 6.45) is 1.56. The van der Waals surface area contributed by atoms with Crippen LogP contribution < -0.4 is 4.90 Å². The fourth-order valence-electron chi connectivity index (χ4n) is 3.42. The number of piperidine rings is 1. The summed E-state index contributed by atoms with van der Waals surface area (Å²) >= 11 is 0. The van der Waals surface area contributed by atoms with Crippen LogP contribution in [0.4, 0.5) is 10.5 Å². The van der Waals surface area contributed by atoms with Crippen molar-refractivity contribution in [2.75, 3.05) is 18.0 Å². The van der Waals surface area contributed by atoms with Crippen LogP contribution in [0.3, 0.4) is 0 Å². The molecule has 0 aromatic heterocycles. The van der Waals surface area contributed by atoms with Crippen molar-refractivity contribution in [3.05, 3.63) is 29.8 Å². The molecule has 2 aliphatic rings. The number of carbonyl (C=O) groups is 2. The number of anilines is 1. The highest BCUT2D eigenvalue weighted by Crippen LogP contribution is 2.33. The molecule has 1 saturated heterocycles. The average molecular weight is 288 g/mol. The minimum atomic E-state index is -1.05. The summed E-state index contributed by atoms with van der Waals surface area (Å²) in [6, 6.07) is 6.76. The number of fused-ring (bicyclic) bond motifs is 1. The highest BCUT2D eigenvalue weighted by atomic mass is 16.4. The first-order valence-electron chi connectivity index (χ1n) is 7.47. The van der Waals surface area contributed by atoms with Crippen molar-refractivity contribution in [2.45, 2.75) is 32.2 Å². The molecule has 1 N–H and O–H groups in total. The topological polar surface area (TPSA) is 60.9 Å². The zero-order valence-corrected chi connectivity index (χ0v) is 12.2. The van der Waals surface area contributed by atoms with Gasteiger partial charge in [-0.25, -0.2) is 4.79 Å². The van der Waals surface area contributed by atoms with Crippen LogP contribution in [0.2, 0.25) is 0 Å². The van der Waals surface area contributed by atoms with Gasteiger partial charge in [0.15, 0.2) is 0 Å². The van der Waals surface area contributed by atoms with Crippen molar-refractivity contribution in [3.63, 3.8) is 0 Å². The minimum absolute atomic E-state index is 0.0554. The van der Waals surface area contributed by atoms with E-state index in [1.165, 1.54) is 4.90 Å². The Kier molecular flexibility index (Phi) is 3.57. The van der Waals surface area contributed by atoms with Crippen LogP contribution in [0.1, 0.15) is 25.3 Å². The van der Waals surface area contributed by atoms with Crippen molar-refractivity contribution in [1.29, 1.82) is 0 Å². The molecule has 5 nitrogen and oxygen atoms in total. The number of rotatable bonds is 1. The lowest BCUT2D eigenvalue weighted by Crippen LogP contribution is -2.51. The Morgan fingerprint density at radius 1 is 1.29 bits per heavy atom. The molecule has 0 unspecified atom stereocenters. The molecule has 0 saturated carbocycles. The molecule has 1 aromatic rings. The third kappa shape index (κ3) is 2.48. The lowest BCUT2D eigenvalue weighted by molar-refractivity contribution is -0.134. The van der Waals surface area contributed by atoms with Crippen LogP contribution in [0.15, 0.2) is 24.3 Å². The molecule has 3 rings (SSSR count). The van der Waals surface area contributed by atoms with Gasteiger partial charge in [-0.3, -0.25) is 9.69 Å². The van der Waals surface area contributed by atoms with Gasteiger partial charge in [0.2, 0.25) is 5.91 Å². The monoisotopic (exact) mass is 288 g/mol. The van der Waals surface area contributed by atoms with Gasteiger partial charge in [0.05, 0.1) is 5.69 Å². The third-order valence-corrected chi connectivity index (χ3v) is 4.44. The van der Waals surface area contributed by atoms with Crippen LogP contribution in [0.5, 0.6) is 0 Å². The molecule has 0 bridgehead atoms. The van der Waals surface area contributed by atoms with Crippen LogP contribution in [-0.2, 0) is 11.2 Å². The first-order valence-corrected chi connectivity index (χ1v) is 7.47. The van der Waals surface area contributed by atoms with E-state index in [0.717, 1.165) is 31.5 Å². The van der Waals surface area contributed by atoms with E-state index in [4.69, 9.17) is 0 Å². The maximum absolute atomic E-state index is 12.8. The van der Waals surface area contributed by atoms with Gasteiger partial charge in [-0.1, -0.05) is 25.1 Å². The number of likely N-dealkylation sites (tertiary alicyclic amines) is 1. The van der Waals surface area contributed by atoms with Crippen molar-refractivity contribution in [3.8, 4) is 0 Å². The zero-order chi connectivity index (χ0) is 15.0. The van der Waals surface area contributed by atoms with E-state index in [1.807, 2.05) is 23.1 Å². The molecule has 2 heterocycles. The van der Waals surface area contributed by atoms with Crippen LogP contribution in [-0.4, -0.2) is 41.1 Å². The fourth-order valence-corrected chi connectivity index (χ4v) is 3.42. The Morgan fingerprint density at radius 3 is 2.76 bits per heavy atom. The molecule has 21 heavy (non-hydrogen) atoms. The molecule has 1 aromatic carbocycles. The Labute approximate surface area is 124 Å². The number of para-hydroxylation sites is 1. The molecule has 0 spiro atoms. The molecule has 5 heteroatoms. The van der Waals surface area contributed by atoms with Crippen LogP contribution in [0, 0.1) is 5.92 Å². The second kappa shape index (κ2) is 5.39. The van der Waals surface area contributed by atoms with Crippen molar-refractivity contribution in [2.24, 2.45) is 5.92 Å². The van der Waals surface area contributed by atoms with Gasteiger partial charge in [0.25, 0.3) is 0 Å². The largest absolute Gasteiger partial charge is 0.465 e. The highest BCUT2D eigenvalue weighted by Gasteiger charge is 2.40. The van der Waals surface area contributed by atoms with Gasteiger partial charge in [-0.05, 0) is 30.4 Å². The Bertz CT molecular complexity index is 572. The second-order valence-electron chi connectivity index (χ2n) is 6.03. The standard InChI is InChI=1S/C16H20N2O3/c1-11-5-4-8-17(10-11)15(19)14-9-12-6-2-3-7-13(12)18(14)16(20)21/h2-3,6-7,11,14H,4-5,8-10H2,1H3,(H,20,21)/t11-,14+/m1/s1. The normalized spacial score (nSPS) is 24.8. The van der Waals surface area contributed by atoms with Crippen molar-refractivity contribution >= 4 is 17.7 Å². The van der Waals surface area contributed by atoms with Crippen molar-refractivity contribution < 1.29 is 14.7 Å². The molecule has 0 radical (unpaired) electrons. The Balaban J connectivity index is 1.85. The number of carbonyl (C=O) groups excluding carboxylic acids is 1. The molecule has 0 aliphatic carbocycles. The minimum Gasteiger partial charge on any atom is -0.465 e. The molecular weight excluding hydrogens is 268 g/mol. The highest BCUT2D eigenvalue weighted by molar-refractivity contribution is 5.99. The second-order valence-corrected chi connectivity index (χ2v) is 6.03. The van der Waals surface area contributed by atoms with Gasteiger partial charge >= 0.3 is 6.09 Å². The third-order valence-electron chi connectivity index (χ3n) is 4.44. The van der Waals surface area contributed by atoms with E-state index in [1.54, 1.807) is 6.07 Å². The quantitative estimate of drug-likeness (QED) is 0.863. The lowest BCUT2D eigenvalue weighted by Gasteiger charge is -2.34. The smallest absolute Gasteiger partial charge is 0.412 e. The van der Waals surface area contributed by atoms with Gasteiger partial charge < -0.3 is 10.0 Å². The SMILES string of the molecule is C[C@@H]1CCCN(C(=O)[C@@H]2Cc3ccccc3N2C(=O)O)C1. The Morgan fingerprint density at radius 2 is 2.05 bits per heavy atom. The first kappa shape index (κ1) is 13.9.